The molecule has 1 rings (SSSR count). The van der Waals surface area contributed by atoms with Gasteiger partial charge in [0.25, 0.3) is 5.69 Å². The van der Waals surface area contributed by atoms with Crippen LogP contribution in [-0.4, -0.2) is 42.9 Å². The fraction of sp³-hybridized carbons (Fsp3) is 0.462. The Bertz CT molecular complexity index is 447. The van der Waals surface area contributed by atoms with Crippen LogP contribution in [0.15, 0.2) is 24.3 Å². The second kappa shape index (κ2) is 7.48. The summed E-state index contributed by atoms with van der Waals surface area (Å²) >= 11 is 0. The largest absolute Gasteiger partial charge is 0.356 e. The van der Waals surface area contributed by atoms with E-state index in [2.05, 4.69) is 5.32 Å². The van der Waals surface area contributed by atoms with Crippen molar-refractivity contribution in [2.45, 2.75) is 12.8 Å². The molecule has 0 aromatic heterocycles. The maximum absolute atomic E-state index is 11.6. The first-order valence-electron chi connectivity index (χ1n) is 6.14. The van der Waals surface area contributed by atoms with Gasteiger partial charge < -0.3 is 10.2 Å². The van der Waals surface area contributed by atoms with Crippen molar-refractivity contribution in [3.63, 3.8) is 0 Å². The van der Waals surface area contributed by atoms with E-state index in [9.17, 15) is 14.9 Å². The summed E-state index contributed by atoms with van der Waals surface area (Å²) in [4.78, 5) is 23.8. The summed E-state index contributed by atoms with van der Waals surface area (Å²) in [6.45, 7) is 1.53. The van der Waals surface area contributed by atoms with Crippen molar-refractivity contribution < 1.29 is 9.72 Å². The maximum Gasteiger partial charge on any atom is 0.269 e. The fourth-order valence-corrected chi connectivity index (χ4v) is 1.65. The molecular formula is C13H19N3O3. The van der Waals surface area contributed by atoms with Crippen molar-refractivity contribution in [2.75, 3.05) is 27.2 Å². The highest BCUT2D eigenvalue weighted by atomic mass is 16.6. The third-order valence-corrected chi connectivity index (χ3v) is 2.59. The number of nitrogens with one attached hydrogen (secondary N) is 1. The Balaban J connectivity index is 2.40. The lowest BCUT2D eigenvalue weighted by Crippen LogP contribution is -2.28. The van der Waals surface area contributed by atoms with Gasteiger partial charge in [-0.2, -0.15) is 0 Å². The average Bonchev–Trinajstić information content (AvgIpc) is 2.34. The number of rotatable bonds is 7. The van der Waals surface area contributed by atoms with Gasteiger partial charge in [-0.1, -0.05) is 12.1 Å². The van der Waals surface area contributed by atoms with Crippen LogP contribution in [0.5, 0.6) is 0 Å². The lowest BCUT2D eigenvalue weighted by Gasteiger charge is -2.09. The lowest BCUT2D eigenvalue weighted by molar-refractivity contribution is -0.384. The Morgan fingerprint density at radius 2 is 2.16 bits per heavy atom. The van der Waals surface area contributed by atoms with Gasteiger partial charge in [-0.05, 0) is 32.6 Å². The van der Waals surface area contributed by atoms with Crippen LogP contribution in [0, 0.1) is 10.1 Å². The molecule has 0 atom stereocenters. The number of benzene rings is 1. The predicted molar refractivity (Wildman–Crippen MR) is 73.0 cm³/mol. The molecule has 0 spiro atoms. The Labute approximate surface area is 112 Å². The quantitative estimate of drug-likeness (QED) is 0.456. The number of nitro groups is 1. The van der Waals surface area contributed by atoms with E-state index in [0.717, 1.165) is 13.0 Å². The Morgan fingerprint density at radius 3 is 2.79 bits per heavy atom. The van der Waals surface area contributed by atoms with Crippen LogP contribution in [0.1, 0.15) is 12.0 Å². The molecule has 6 nitrogen and oxygen atoms in total. The first-order valence-corrected chi connectivity index (χ1v) is 6.14. The number of nitro benzene ring substituents is 1. The minimum atomic E-state index is -0.460. The molecule has 0 aliphatic carbocycles. The number of hydrogen-bond acceptors (Lipinski definition) is 4. The van der Waals surface area contributed by atoms with Gasteiger partial charge in [0, 0.05) is 18.7 Å². The molecule has 6 heteroatoms. The summed E-state index contributed by atoms with van der Waals surface area (Å²) < 4.78 is 0. The van der Waals surface area contributed by atoms with E-state index in [1.165, 1.54) is 12.1 Å². The second-order valence-electron chi connectivity index (χ2n) is 4.61. The molecule has 0 aliphatic heterocycles. The van der Waals surface area contributed by atoms with E-state index in [1.807, 2.05) is 19.0 Å². The molecule has 0 aliphatic rings. The van der Waals surface area contributed by atoms with Gasteiger partial charge in [-0.3, -0.25) is 14.9 Å². The molecule has 1 N–H and O–H groups in total. The van der Waals surface area contributed by atoms with Crippen LogP contribution in [-0.2, 0) is 11.2 Å². The zero-order chi connectivity index (χ0) is 14.3. The van der Waals surface area contributed by atoms with Crippen LogP contribution < -0.4 is 5.32 Å². The summed E-state index contributed by atoms with van der Waals surface area (Å²) in [5.74, 6) is -0.112. The number of carbonyl (C=O) groups is 1. The van der Waals surface area contributed by atoms with Crippen molar-refractivity contribution >= 4 is 11.6 Å². The summed E-state index contributed by atoms with van der Waals surface area (Å²) in [5.41, 5.74) is 0.664. The molecule has 1 aromatic rings. The normalized spacial score (nSPS) is 10.5. The number of non-ortho nitro benzene ring substituents is 1. The van der Waals surface area contributed by atoms with Crippen LogP contribution in [0.25, 0.3) is 0 Å². The lowest BCUT2D eigenvalue weighted by atomic mass is 10.1. The van der Waals surface area contributed by atoms with Gasteiger partial charge in [0.05, 0.1) is 11.3 Å². The molecule has 0 heterocycles. The zero-order valence-electron chi connectivity index (χ0n) is 11.3. The topological polar surface area (TPSA) is 75.5 Å². The van der Waals surface area contributed by atoms with Crippen molar-refractivity contribution in [2.24, 2.45) is 0 Å². The summed E-state index contributed by atoms with van der Waals surface area (Å²) in [7, 11) is 3.95. The summed E-state index contributed by atoms with van der Waals surface area (Å²) in [6.07, 6.45) is 1.05. The number of carbonyl (C=O) groups excluding carboxylic acids is 1. The molecule has 0 radical (unpaired) electrons. The minimum Gasteiger partial charge on any atom is -0.356 e. The van der Waals surface area contributed by atoms with Crippen LogP contribution in [0.4, 0.5) is 5.69 Å². The van der Waals surface area contributed by atoms with Crippen LogP contribution in [0.2, 0.25) is 0 Å². The number of amides is 1. The first kappa shape index (κ1) is 15.1. The Morgan fingerprint density at radius 1 is 1.42 bits per heavy atom. The summed E-state index contributed by atoms with van der Waals surface area (Å²) in [6, 6.07) is 6.15. The SMILES string of the molecule is CN(C)CCCNC(=O)Cc1cccc([N+](=O)[O-])c1. The predicted octanol–water partition coefficient (Wildman–Crippen LogP) is 1.21. The second-order valence-corrected chi connectivity index (χ2v) is 4.61. The van der Waals surface area contributed by atoms with Gasteiger partial charge in [-0.25, -0.2) is 0 Å². The van der Waals surface area contributed by atoms with E-state index in [1.54, 1.807) is 12.1 Å². The Kier molecular flexibility index (Phi) is 5.95. The maximum atomic E-state index is 11.6. The van der Waals surface area contributed by atoms with Gasteiger partial charge >= 0.3 is 0 Å². The van der Waals surface area contributed by atoms with Crippen molar-refractivity contribution in [3.8, 4) is 0 Å². The minimum absolute atomic E-state index is 0.0120. The van der Waals surface area contributed by atoms with Crippen LogP contribution in [0.3, 0.4) is 0 Å². The molecule has 1 aromatic carbocycles. The van der Waals surface area contributed by atoms with Crippen LogP contribution >= 0.6 is 0 Å². The van der Waals surface area contributed by atoms with Crippen molar-refractivity contribution in [1.29, 1.82) is 0 Å². The smallest absolute Gasteiger partial charge is 0.269 e. The van der Waals surface area contributed by atoms with E-state index in [0.29, 0.717) is 12.1 Å². The van der Waals surface area contributed by atoms with Crippen molar-refractivity contribution in [3.05, 3.63) is 39.9 Å². The number of hydrogen-bond donors (Lipinski definition) is 1. The molecule has 1 amide bonds. The summed E-state index contributed by atoms with van der Waals surface area (Å²) in [5, 5.41) is 13.4. The third kappa shape index (κ3) is 5.96. The molecule has 104 valence electrons. The highest BCUT2D eigenvalue weighted by Crippen LogP contribution is 2.13. The standard InChI is InChI=1S/C13H19N3O3/c1-15(2)8-4-7-14-13(17)10-11-5-3-6-12(9-11)16(18)19/h3,5-6,9H,4,7-8,10H2,1-2H3,(H,14,17). The molecule has 0 saturated heterocycles. The van der Waals surface area contributed by atoms with Gasteiger partial charge in [-0.15, -0.1) is 0 Å². The average molecular weight is 265 g/mol. The van der Waals surface area contributed by atoms with E-state index < -0.39 is 4.92 Å². The Hall–Kier alpha value is -1.95. The van der Waals surface area contributed by atoms with Gasteiger partial charge in [0.15, 0.2) is 0 Å². The fourth-order valence-electron chi connectivity index (χ4n) is 1.65. The molecular weight excluding hydrogens is 246 g/mol. The third-order valence-electron chi connectivity index (χ3n) is 2.59. The van der Waals surface area contributed by atoms with Gasteiger partial charge in [0.1, 0.15) is 0 Å². The highest BCUT2D eigenvalue weighted by molar-refractivity contribution is 5.78. The molecule has 19 heavy (non-hydrogen) atoms. The number of nitrogens with zero attached hydrogens (tertiary/aromatic N) is 2. The zero-order valence-corrected chi connectivity index (χ0v) is 11.3. The highest BCUT2D eigenvalue weighted by Gasteiger charge is 2.08. The first-order chi connectivity index (χ1) is 8.99. The molecule has 0 saturated carbocycles. The van der Waals surface area contributed by atoms with E-state index in [4.69, 9.17) is 0 Å². The molecule has 0 bridgehead atoms. The van der Waals surface area contributed by atoms with E-state index >= 15 is 0 Å². The van der Waals surface area contributed by atoms with Gasteiger partial charge in [0.2, 0.25) is 5.91 Å². The van der Waals surface area contributed by atoms with E-state index in [-0.39, 0.29) is 18.0 Å². The molecule has 0 fully saturated rings. The molecule has 0 unspecified atom stereocenters. The monoisotopic (exact) mass is 265 g/mol. The van der Waals surface area contributed by atoms with Crippen molar-refractivity contribution in [1.82, 2.24) is 10.2 Å².